The van der Waals surface area contributed by atoms with E-state index in [9.17, 15) is 13.2 Å². The molecule has 0 heterocycles. The molecule has 0 aliphatic heterocycles. The minimum absolute atomic E-state index is 0.00976. The van der Waals surface area contributed by atoms with Crippen LogP contribution in [0.3, 0.4) is 0 Å². The molecule has 0 aliphatic carbocycles. The molecule has 1 rings (SSSR count). The Labute approximate surface area is 106 Å². The van der Waals surface area contributed by atoms with Crippen LogP contribution in [-0.4, -0.2) is 37.2 Å². The minimum atomic E-state index is -3.81. The molecule has 8 heteroatoms. The molecule has 0 saturated carbocycles. The number of halogens is 1. The predicted molar refractivity (Wildman–Crippen MR) is 63.0 cm³/mol. The van der Waals surface area contributed by atoms with E-state index in [-0.39, 0.29) is 4.90 Å². The van der Waals surface area contributed by atoms with Gasteiger partial charge in [-0.3, -0.25) is 0 Å². The number of nitrogens with one attached hydrogen (secondary N) is 1. The van der Waals surface area contributed by atoms with Gasteiger partial charge in [-0.25, -0.2) is 17.9 Å². The Morgan fingerprint density at radius 1 is 1.47 bits per heavy atom. The lowest BCUT2D eigenvalue weighted by molar-refractivity contribution is -0.146. The maximum Gasteiger partial charge on any atom is 0.333 e. The molecule has 3 N–H and O–H groups in total. The number of hydrogen-bond donors (Lipinski definition) is 3. The molecule has 1 aromatic carbocycles. The first-order valence-electron chi connectivity index (χ1n) is 4.49. The molecule has 0 amide bonds. The average molecular weight is 324 g/mol. The Hall–Kier alpha value is -0.960. The molecule has 0 aromatic heterocycles. The van der Waals surface area contributed by atoms with Gasteiger partial charge in [0.2, 0.25) is 10.0 Å². The molecule has 1 atom stereocenters. The smallest absolute Gasteiger partial charge is 0.333 e. The van der Waals surface area contributed by atoms with Crippen molar-refractivity contribution in [2.75, 3.05) is 6.54 Å². The molecule has 0 bridgehead atoms. The van der Waals surface area contributed by atoms with Crippen LogP contribution in [0.2, 0.25) is 0 Å². The highest BCUT2D eigenvalue weighted by atomic mass is 79.9. The van der Waals surface area contributed by atoms with Crippen molar-refractivity contribution in [1.82, 2.24) is 4.72 Å². The quantitative estimate of drug-likeness (QED) is 0.716. The van der Waals surface area contributed by atoms with Gasteiger partial charge in [-0.05, 0) is 18.2 Å². The van der Waals surface area contributed by atoms with E-state index in [1.165, 1.54) is 18.2 Å². The molecule has 0 radical (unpaired) electrons. The zero-order valence-electron chi connectivity index (χ0n) is 8.50. The minimum Gasteiger partial charge on any atom is -0.479 e. The van der Waals surface area contributed by atoms with Crippen molar-refractivity contribution >= 4 is 31.9 Å². The number of sulfonamides is 1. The number of aliphatic hydroxyl groups is 1. The fourth-order valence-corrected chi connectivity index (χ4v) is 2.63. The number of carbonyl (C=O) groups is 1. The Morgan fingerprint density at radius 2 is 2.12 bits per heavy atom. The molecule has 0 fully saturated rings. The lowest BCUT2D eigenvalue weighted by Gasteiger charge is -2.08. The first-order valence-corrected chi connectivity index (χ1v) is 6.76. The summed E-state index contributed by atoms with van der Waals surface area (Å²) in [5, 5.41) is 17.4. The van der Waals surface area contributed by atoms with Crippen molar-refractivity contribution in [3.63, 3.8) is 0 Å². The van der Waals surface area contributed by atoms with Gasteiger partial charge in [-0.1, -0.05) is 22.0 Å². The van der Waals surface area contributed by atoms with Gasteiger partial charge in [-0.15, -0.1) is 0 Å². The van der Waals surface area contributed by atoms with E-state index >= 15 is 0 Å². The summed E-state index contributed by atoms with van der Waals surface area (Å²) in [5.74, 6) is -1.48. The topological polar surface area (TPSA) is 104 Å². The third-order valence-electron chi connectivity index (χ3n) is 1.86. The lowest BCUT2D eigenvalue weighted by Crippen LogP contribution is -2.36. The number of carboxylic acids is 1. The molecule has 94 valence electrons. The molecule has 17 heavy (non-hydrogen) atoms. The van der Waals surface area contributed by atoms with Crippen LogP contribution in [0.25, 0.3) is 0 Å². The van der Waals surface area contributed by atoms with Crippen LogP contribution in [0, 0.1) is 0 Å². The lowest BCUT2D eigenvalue weighted by atomic mass is 10.4. The molecule has 0 spiro atoms. The second-order valence-electron chi connectivity index (χ2n) is 3.16. The fourth-order valence-electron chi connectivity index (χ4n) is 0.993. The summed E-state index contributed by atoms with van der Waals surface area (Å²) in [4.78, 5) is 10.3. The van der Waals surface area contributed by atoms with Gasteiger partial charge in [0.1, 0.15) is 0 Å². The zero-order chi connectivity index (χ0) is 13.1. The van der Waals surface area contributed by atoms with E-state index in [2.05, 4.69) is 15.9 Å². The predicted octanol–water partition coefficient (Wildman–Crippen LogP) is 0.173. The Bertz CT molecular complexity index is 516. The van der Waals surface area contributed by atoms with Gasteiger partial charge >= 0.3 is 5.97 Å². The highest BCUT2D eigenvalue weighted by molar-refractivity contribution is 9.10. The first kappa shape index (κ1) is 14.1. The summed E-state index contributed by atoms with van der Waals surface area (Å²) >= 11 is 3.12. The molecular formula is C9H10BrNO5S. The number of aliphatic carboxylic acids is 1. The van der Waals surface area contributed by atoms with Crippen LogP contribution in [0.4, 0.5) is 0 Å². The van der Waals surface area contributed by atoms with Crippen molar-refractivity contribution in [3.8, 4) is 0 Å². The van der Waals surface area contributed by atoms with Crippen molar-refractivity contribution in [2.45, 2.75) is 11.0 Å². The van der Waals surface area contributed by atoms with E-state index in [0.717, 1.165) is 0 Å². The van der Waals surface area contributed by atoms with Gasteiger partial charge in [0.15, 0.2) is 6.10 Å². The number of hydrogen-bond acceptors (Lipinski definition) is 4. The molecule has 6 nitrogen and oxygen atoms in total. The normalized spacial score (nSPS) is 13.3. The highest BCUT2D eigenvalue weighted by Crippen LogP contribution is 2.15. The number of carboxylic acid groups (broad SMARTS) is 1. The van der Waals surface area contributed by atoms with Crippen molar-refractivity contribution in [2.24, 2.45) is 0 Å². The van der Waals surface area contributed by atoms with E-state index in [0.29, 0.717) is 4.47 Å². The largest absolute Gasteiger partial charge is 0.479 e. The van der Waals surface area contributed by atoms with Crippen molar-refractivity contribution in [1.29, 1.82) is 0 Å². The summed E-state index contributed by atoms with van der Waals surface area (Å²) < 4.78 is 25.9. The van der Waals surface area contributed by atoms with Crippen LogP contribution in [0.5, 0.6) is 0 Å². The molecule has 1 unspecified atom stereocenters. The summed E-state index contributed by atoms with van der Waals surface area (Å²) in [6.07, 6.45) is -1.77. The van der Waals surface area contributed by atoms with Crippen LogP contribution in [0.15, 0.2) is 33.6 Å². The van der Waals surface area contributed by atoms with Crippen LogP contribution < -0.4 is 4.72 Å². The zero-order valence-corrected chi connectivity index (χ0v) is 10.9. The van der Waals surface area contributed by atoms with Gasteiger partial charge in [0.25, 0.3) is 0 Å². The summed E-state index contributed by atoms with van der Waals surface area (Å²) in [6.45, 7) is -0.579. The highest BCUT2D eigenvalue weighted by Gasteiger charge is 2.19. The summed E-state index contributed by atoms with van der Waals surface area (Å²) in [5.41, 5.74) is 0. The van der Waals surface area contributed by atoms with Crippen LogP contribution in [0.1, 0.15) is 0 Å². The van der Waals surface area contributed by atoms with Gasteiger partial charge < -0.3 is 10.2 Å². The monoisotopic (exact) mass is 323 g/mol. The number of rotatable bonds is 5. The van der Waals surface area contributed by atoms with E-state index in [1.807, 2.05) is 4.72 Å². The first-order chi connectivity index (χ1) is 7.83. The SMILES string of the molecule is O=C(O)C(O)CNS(=O)(=O)c1cccc(Br)c1. The van der Waals surface area contributed by atoms with E-state index in [1.54, 1.807) is 6.07 Å². The molecule has 0 saturated heterocycles. The second-order valence-corrected chi connectivity index (χ2v) is 5.85. The fraction of sp³-hybridized carbons (Fsp3) is 0.222. The van der Waals surface area contributed by atoms with Crippen molar-refractivity contribution < 1.29 is 23.4 Å². The van der Waals surface area contributed by atoms with Crippen LogP contribution >= 0.6 is 15.9 Å². The van der Waals surface area contributed by atoms with E-state index < -0.39 is 28.6 Å². The maximum absolute atomic E-state index is 11.7. The van der Waals surface area contributed by atoms with Crippen LogP contribution in [-0.2, 0) is 14.8 Å². The second kappa shape index (κ2) is 5.58. The maximum atomic E-state index is 11.7. The number of aliphatic hydroxyl groups excluding tert-OH is 1. The van der Waals surface area contributed by atoms with Gasteiger partial charge in [0, 0.05) is 11.0 Å². The summed E-state index contributed by atoms with van der Waals surface area (Å²) in [6, 6.07) is 5.92. The van der Waals surface area contributed by atoms with E-state index in [4.69, 9.17) is 10.2 Å². The number of benzene rings is 1. The third-order valence-corrected chi connectivity index (χ3v) is 3.77. The Kier molecular flexibility index (Phi) is 4.63. The standard InChI is InChI=1S/C9H10BrNO5S/c10-6-2-1-3-7(4-6)17(15,16)11-5-8(12)9(13)14/h1-4,8,11-12H,5H2,(H,13,14). The van der Waals surface area contributed by atoms with Gasteiger partial charge in [0.05, 0.1) is 4.90 Å². The van der Waals surface area contributed by atoms with Crippen molar-refractivity contribution in [3.05, 3.63) is 28.7 Å². The Morgan fingerprint density at radius 3 is 2.65 bits per heavy atom. The van der Waals surface area contributed by atoms with Gasteiger partial charge in [-0.2, -0.15) is 0 Å². The third kappa shape index (κ3) is 4.08. The molecular weight excluding hydrogens is 314 g/mol. The molecule has 0 aliphatic rings. The Balaban J connectivity index is 2.79. The summed E-state index contributed by atoms with van der Waals surface area (Å²) in [7, 11) is -3.81. The molecule has 1 aromatic rings. The average Bonchev–Trinajstić information content (AvgIpc) is 2.26.